The van der Waals surface area contributed by atoms with Crippen LogP contribution in [0.5, 0.6) is 5.75 Å². The molecule has 0 aliphatic carbocycles. The second-order valence-electron chi connectivity index (χ2n) is 9.00. The fourth-order valence-corrected chi connectivity index (χ4v) is 4.28. The Morgan fingerprint density at radius 2 is 1.74 bits per heavy atom. The number of fused-ring (bicyclic) bond motifs is 3. The minimum Gasteiger partial charge on any atom is -0.488 e. The van der Waals surface area contributed by atoms with Crippen molar-refractivity contribution >= 4 is 34.2 Å². The van der Waals surface area contributed by atoms with E-state index in [-0.39, 0.29) is 17.4 Å². The molecule has 1 aliphatic heterocycles. The van der Waals surface area contributed by atoms with Gasteiger partial charge in [-0.25, -0.2) is 4.79 Å². The van der Waals surface area contributed by atoms with Gasteiger partial charge >= 0.3 is 6.09 Å². The zero-order chi connectivity index (χ0) is 22.2. The molecule has 0 spiro atoms. The second-order valence-corrected chi connectivity index (χ2v) is 9.69. The van der Waals surface area contributed by atoms with E-state index in [0.29, 0.717) is 13.2 Å². The Hall–Kier alpha value is -2.72. The predicted molar refractivity (Wildman–Crippen MR) is 126 cm³/mol. The van der Waals surface area contributed by atoms with Crippen molar-refractivity contribution in [2.24, 2.45) is 0 Å². The highest BCUT2D eigenvalue weighted by Gasteiger charge is 2.39. The van der Waals surface area contributed by atoms with Crippen molar-refractivity contribution in [2.75, 3.05) is 11.4 Å². The number of rotatable bonds is 4. The molecule has 162 valence electrons. The van der Waals surface area contributed by atoms with Gasteiger partial charge in [0.25, 0.3) is 0 Å². The highest BCUT2D eigenvalue weighted by molar-refractivity contribution is 6.21. The predicted octanol–water partition coefficient (Wildman–Crippen LogP) is 6.88. The smallest absolute Gasteiger partial charge is 0.414 e. The van der Waals surface area contributed by atoms with Gasteiger partial charge in [0.05, 0.1) is 5.69 Å². The summed E-state index contributed by atoms with van der Waals surface area (Å²) in [6.45, 7) is 8.53. The Morgan fingerprint density at radius 1 is 1.10 bits per heavy atom. The molecule has 0 saturated heterocycles. The largest absolute Gasteiger partial charge is 0.488 e. The van der Waals surface area contributed by atoms with E-state index in [0.717, 1.165) is 33.3 Å². The summed E-state index contributed by atoms with van der Waals surface area (Å²) in [5, 5.41) is 1.95. The maximum Gasteiger partial charge on any atom is 0.414 e. The maximum atomic E-state index is 13.0. The first kappa shape index (κ1) is 21.5. The van der Waals surface area contributed by atoms with Gasteiger partial charge in [-0.05, 0) is 44.2 Å². The van der Waals surface area contributed by atoms with Gasteiger partial charge in [0.2, 0.25) is 0 Å². The number of anilines is 1. The van der Waals surface area contributed by atoms with Crippen LogP contribution in [0.15, 0.2) is 60.7 Å². The quantitative estimate of drug-likeness (QED) is 0.417. The molecule has 3 aromatic carbocycles. The summed E-state index contributed by atoms with van der Waals surface area (Å²) < 4.78 is 11.9. The normalized spacial score (nSPS) is 16.8. The van der Waals surface area contributed by atoms with Crippen molar-refractivity contribution < 1.29 is 14.3 Å². The Morgan fingerprint density at radius 3 is 2.39 bits per heavy atom. The van der Waals surface area contributed by atoms with E-state index in [9.17, 15) is 4.79 Å². The first-order valence-corrected chi connectivity index (χ1v) is 11.0. The van der Waals surface area contributed by atoms with Crippen molar-refractivity contribution in [2.45, 2.75) is 51.2 Å². The van der Waals surface area contributed by atoms with E-state index in [4.69, 9.17) is 21.1 Å². The van der Waals surface area contributed by atoms with Crippen LogP contribution in [0.25, 0.3) is 10.8 Å². The Bertz CT molecular complexity index is 1090. The van der Waals surface area contributed by atoms with Crippen molar-refractivity contribution in [3.8, 4) is 5.75 Å². The Balaban J connectivity index is 1.80. The van der Waals surface area contributed by atoms with Crippen molar-refractivity contribution in [1.82, 2.24) is 0 Å². The third-order valence-electron chi connectivity index (χ3n) is 5.47. The van der Waals surface area contributed by atoms with E-state index in [2.05, 4.69) is 12.1 Å². The summed E-state index contributed by atoms with van der Waals surface area (Å²) in [6, 6.07) is 20.2. The van der Waals surface area contributed by atoms with E-state index < -0.39 is 5.60 Å². The lowest BCUT2D eigenvalue weighted by Gasteiger charge is -2.25. The van der Waals surface area contributed by atoms with Gasteiger partial charge in [-0.15, -0.1) is 11.6 Å². The van der Waals surface area contributed by atoms with Gasteiger partial charge in [-0.3, -0.25) is 4.90 Å². The lowest BCUT2D eigenvalue weighted by atomic mass is 9.92. The van der Waals surface area contributed by atoms with Crippen LogP contribution in [0.4, 0.5) is 10.5 Å². The molecule has 4 rings (SSSR count). The first-order chi connectivity index (χ1) is 14.7. The molecule has 4 nitrogen and oxygen atoms in total. The molecule has 0 bridgehead atoms. The number of halogens is 1. The van der Waals surface area contributed by atoms with Crippen LogP contribution < -0.4 is 9.64 Å². The highest BCUT2D eigenvalue weighted by atomic mass is 35.5. The lowest BCUT2D eigenvalue weighted by Crippen LogP contribution is -2.36. The van der Waals surface area contributed by atoms with Gasteiger partial charge < -0.3 is 9.47 Å². The standard InChI is InChI=1S/C26H28ClNO3/c1-17(27)21-15-28(25(29)31-26(2,3)4)22-14-23(30-16-18-10-6-5-7-11-18)19-12-8-9-13-20(19)24(21)22/h5-14,17,21H,15-16H2,1-4H3. The molecule has 3 aromatic rings. The van der Waals surface area contributed by atoms with Crippen molar-refractivity contribution in [3.05, 3.63) is 71.8 Å². The van der Waals surface area contributed by atoms with E-state index in [1.165, 1.54) is 0 Å². The molecular weight excluding hydrogens is 410 g/mol. The average molecular weight is 438 g/mol. The molecule has 1 aliphatic rings. The zero-order valence-electron chi connectivity index (χ0n) is 18.4. The number of alkyl halides is 1. The maximum absolute atomic E-state index is 13.0. The molecule has 2 unspecified atom stereocenters. The summed E-state index contributed by atoms with van der Waals surface area (Å²) in [7, 11) is 0. The molecular formula is C26H28ClNO3. The number of amides is 1. The summed E-state index contributed by atoms with van der Waals surface area (Å²) in [6.07, 6.45) is -0.363. The summed E-state index contributed by atoms with van der Waals surface area (Å²) in [5.74, 6) is 0.756. The van der Waals surface area contributed by atoms with Crippen molar-refractivity contribution in [3.63, 3.8) is 0 Å². The van der Waals surface area contributed by atoms with Gasteiger partial charge in [0.15, 0.2) is 0 Å². The molecule has 31 heavy (non-hydrogen) atoms. The van der Waals surface area contributed by atoms with E-state index in [1.807, 2.05) is 76.2 Å². The minimum atomic E-state index is -0.578. The van der Waals surface area contributed by atoms with Gasteiger partial charge in [-0.2, -0.15) is 0 Å². The number of carbonyl (C=O) groups is 1. The first-order valence-electron chi connectivity index (χ1n) is 10.6. The number of hydrogen-bond acceptors (Lipinski definition) is 3. The Labute approximate surface area is 188 Å². The lowest BCUT2D eigenvalue weighted by molar-refractivity contribution is 0.0582. The van der Waals surface area contributed by atoms with Crippen LogP contribution in [-0.2, 0) is 11.3 Å². The van der Waals surface area contributed by atoms with E-state index in [1.54, 1.807) is 4.90 Å². The number of hydrogen-bond donors (Lipinski definition) is 0. The van der Waals surface area contributed by atoms with Gasteiger partial charge in [-0.1, -0.05) is 54.6 Å². The third-order valence-corrected chi connectivity index (χ3v) is 5.78. The van der Waals surface area contributed by atoms with Crippen LogP contribution in [0.2, 0.25) is 0 Å². The summed E-state index contributed by atoms with van der Waals surface area (Å²) in [4.78, 5) is 14.7. The van der Waals surface area contributed by atoms with Crippen LogP contribution in [0.1, 0.15) is 44.7 Å². The van der Waals surface area contributed by atoms with Crippen LogP contribution in [0.3, 0.4) is 0 Å². The highest BCUT2D eigenvalue weighted by Crippen LogP contribution is 2.47. The van der Waals surface area contributed by atoms with Crippen LogP contribution in [0, 0.1) is 0 Å². The molecule has 0 fully saturated rings. The molecule has 1 amide bonds. The molecule has 0 radical (unpaired) electrons. The number of nitrogens with zero attached hydrogens (tertiary/aromatic N) is 1. The molecule has 0 aromatic heterocycles. The fraction of sp³-hybridized carbons (Fsp3) is 0.346. The number of benzene rings is 3. The Kier molecular flexibility index (Phi) is 5.85. The summed E-state index contributed by atoms with van der Waals surface area (Å²) >= 11 is 6.59. The molecule has 0 saturated carbocycles. The van der Waals surface area contributed by atoms with Gasteiger partial charge in [0.1, 0.15) is 18.0 Å². The van der Waals surface area contributed by atoms with Crippen LogP contribution in [-0.4, -0.2) is 23.6 Å². The summed E-state index contributed by atoms with van der Waals surface area (Å²) in [5.41, 5.74) is 2.40. The minimum absolute atomic E-state index is 0.0114. The monoisotopic (exact) mass is 437 g/mol. The molecule has 5 heteroatoms. The molecule has 1 heterocycles. The topological polar surface area (TPSA) is 38.8 Å². The van der Waals surface area contributed by atoms with Gasteiger partial charge in [0, 0.05) is 29.3 Å². The third kappa shape index (κ3) is 4.49. The number of ether oxygens (including phenoxy) is 2. The second kappa shape index (κ2) is 8.43. The van der Waals surface area contributed by atoms with E-state index >= 15 is 0 Å². The van der Waals surface area contributed by atoms with Crippen molar-refractivity contribution in [1.29, 1.82) is 0 Å². The molecule has 0 N–H and O–H groups in total. The molecule has 2 atom stereocenters. The number of carbonyl (C=O) groups excluding carboxylic acids is 1. The SMILES string of the molecule is CC(Cl)C1CN(C(=O)OC(C)(C)C)c2cc(OCc3ccccc3)c3ccccc3c21. The fourth-order valence-electron chi connectivity index (χ4n) is 4.07. The van der Waals surface area contributed by atoms with Crippen LogP contribution >= 0.6 is 11.6 Å². The zero-order valence-corrected chi connectivity index (χ0v) is 19.1. The average Bonchev–Trinajstić information content (AvgIpc) is 3.12.